The molecule has 8 heteroatoms. The van der Waals surface area contributed by atoms with Gasteiger partial charge < -0.3 is 15.3 Å². The number of hydrogen-bond donors (Lipinski definition) is 2. The average molecular weight is 386 g/mol. The molecule has 1 saturated heterocycles. The number of amides is 1. The third-order valence-electron chi connectivity index (χ3n) is 5.04. The van der Waals surface area contributed by atoms with E-state index in [0.717, 1.165) is 49.8 Å². The van der Waals surface area contributed by atoms with Gasteiger partial charge in [-0.15, -0.1) is 0 Å². The molecule has 0 bridgehead atoms. The highest BCUT2D eigenvalue weighted by molar-refractivity contribution is 6.01. The first-order valence-electron chi connectivity index (χ1n) is 9.16. The fraction of sp³-hybridized carbons (Fsp3) is 0.300. The topological polar surface area (TPSA) is 69.9 Å². The summed E-state index contributed by atoms with van der Waals surface area (Å²) in [6.07, 6.45) is 5.48. The molecule has 1 fully saturated rings. The Hall–Kier alpha value is -3.00. The first-order valence-corrected chi connectivity index (χ1v) is 9.16. The average Bonchev–Trinajstić information content (AvgIpc) is 3.37. The van der Waals surface area contributed by atoms with Crippen LogP contribution in [0.5, 0.6) is 0 Å². The van der Waals surface area contributed by atoms with E-state index in [4.69, 9.17) is 0 Å². The van der Waals surface area contributed by atoms with Gasteiger partial charge in [0.05, 0.1) is 29.9 Å². The predicted octanol–water partition coefficient (Wildman–Crippen LogP) is 2.68. The molecule has 1 amide bonds. The molecule has 2 aromatic heterocycles. The smallest absolute Gasteiger partial charge is 0.255 e. The van der Waals surface area contributed by atoms with E-state index in [1.54, 1.807) is 10.7 Å². The lowest BCUT2D eigenvalue weighted by Gasteiger charge is -2.18. The molecule has 1 aliphatic rings. The lowest BCUT2D eigenvalue weighted by atomic mass is 10.1. The van der Waals surface area contributed by atoms with Crippen molar-refractivity contribution in [2.45, 2.75) is 18.9 Å². The number of benzene rings is 1. The van der Waals surface area contributed by atoms with Crippen molar-refractivity contribution in [1.29, 1.82) is 0 Å². The summed E-state index contributed by atoms with van der Waals surface area (Å²) in [4.78, 5) is 15.0. The zero-order chi connectivity index (χ0) is 19.7. The zero-order valence-electron chi connectivity index (χ0n) is 15.1. The number of carbonyl (C=O) groups excluding carboxylic acids is 1. The van der Waals surface area contributed by atoms with E-state index in [9.17, 15) is 18.7 Å². The molecule has 0 saturated carbocycles. The van der Waals surface area contributed by atoms with E-state index >= 15 is 0 Å². The summed E-state index contributed by atoms with van der Waals surface area (Å²) in [5.74, 6) is -1.86. The monoisotopic (exact) mass is 386 g/mol. The molecule has 6 nitrogen and oxygen atoms in total. The first kappa shape index (κ1) is 18.4. The van der Waals surface area contributed by atoms with E-state index in [1.165, 1.54) is 6.20 Å². The Labute approximate surface area is 160 Å². The Morgan fingerprint density at radius 1 is 1.21 bits per heavy atom. The summed E-state index contributed by atoms with van der Waals surface area (Å²) in [6, 6.07) is 5.70. The highest BCUT2D eigenvalue weighted by atomic mass is 19.1. The predicted molar refractivity (Wildman–Crippen MR) is 100 cm³/mol. The minimum absolute atomic E-state index is 0.106. The largest absolute Gasteiger partial charge is 0.394 e. The van der Waals surface area contributed by atoms with Crippen LogP contribution in [0.1, 0.15) is 34.8 Å². The Morgan fingerprint density at radius 3 is 2.75 bits per heavy atom. The Kier molecular flexibility index (Phi) is 4.95. The zero-order valence-corrected chi connectivity index (χ0v) is 15.1. The van der Waals surface area contributed by atoms with Gasteiger partial charge in [-0.2, -0.15) is 5.10 Å². The number of anilines is 1. The van der Waals surface area contributed by atoms with Gasteiger partial charge in [0.2, 0.25) is 0 Å². The van der Waals surface area contributed by atoms with Crippen LogP contribution in [0.15, 0.2) is 42.7 Å². The minimum atomic E-state index is -1.07. The van der Waals surface area contributed by atoms with Crippen LogP contribution in [0, 0.1) is 11.6 Å². The number of nitrogens with one attached hydrogen (secondary N) is 1. The molecular weight excluding hydrogens is 366 g/mol. The van der Waals surface area contributed by atoms with Crippen molar-refractivity contribution in [3.8, 4) is 0 Å². The van der Waals surface area contributed by atoms with E-state index in [2.05, 4.69) is 15.3 Å². The highest BCUT2D eigenvalue weighted by Gasteiger charge is 2.22. The molecular formula is C20H20F2N4O2. The fourth-order valence-corrected chi connectivity index (χ4v) is 3.56. The van der Waals surface area contributed by atoms with Crippen LogP contribution in [0.4, 0.5) is 14.5 Å². The van der Waals surface area contributed by atoms with E-state index in [0.29, 0.717) is 11.1 Å². The molecule has 2 N–H and O–H groups in total. The third-order valence-corrected chi connectivity index (χ3v) is 5.04. The molecule has 1 aliphatic heterocycles. The van der Waals surface area contributed by atoms with Crippen molar-refractivity contribution in [2.75, 3.05) is 24.6 Å². The van der Waals surface area contributed by atoms with Crippen molar-refractivity contribution in [3.05, 3.63) is 65.5 Å². The van der Waals surface area contributed by atoms with Gasteiger partial charge in [0.15, 0.2) is 0 Å². The number of fused-ring (bicyclic) bond motifs is 1. The number of pyridine rings is 1. The molecule has 1 aromatic carbocycles. The van der Waals surface area contributed by atoms with Crippen LogP contribution < -0.4 is 10.2 Å². The maximum Gasteiger partial charge on any atom is 0.255 e. The summed E-state index contributed by atoms with van der Waals surface area (Å²) in [7, 11) is 0. The fourth-order valence-electron chi connectivity index (χ4n) is 3.56. The van der Waals surface area contributed by atoms with Gasteiger partial charge in [-0.05, 0) is 43.2 Å². The van der Waals surface area contributed by atoms with Crippen LogP contribution in [0.2, 0.25) is 0 Å². The van der Waals surface area contributed by atoms with Crippen LogP contribution in [-0.2, 0) is 0 Å². The summed E-state index contributed by atoms with van der Waals surface area (Å²) in [5.41, 5.74) is 1.81. The first-order chi connectivity index (χ1) is 13.6. The Bertz CT molecular complexity index is 1010. The molecule has 146 valence electrons. The van der Waals surface area contributed by atoms with Gasteiger partial charge in [0.25, 0.3) is 5.91 Å². The number of carbonyl (C=O) groups is 1. The molecule has 3 heterocycles. The van der Waals surface area contributed by atoms with E-state index in [1.807, 2.05) is 12.1 Å². The summed E-state index contributed by atoms with van der Waals surface area (Å²) >= 11 is 0. The number of nitrogens with zero attached hydrogens (tertiary/aromatic N) is 3. The van der Waals surface area contributed by atoms with E-state index in [-0.39, 0.29) is 5.56 Å². The van der Waals surface area contributed by atoms with Crippen molar-refractivity contribution < 1.29 is 18.7 Å². The maximum absolute atomic E-state index is 14.0. The summed E-state index contributed by atoms with van der Waals surface area (Å²) in [6.45, 7) is 1.37. The van der Waals surface area contributed by atoms with E-state index < -0.39 is 30.2 Å². The number of hydrogen-bond acceptors (Lipinski definition) is 4. The van der Waals surface area contributed by atoms with Crippen LogP contribution in [0.25, 0.3) is 5.52 Å². The van der Waals surface area contributed by atoms with Crippen molar-refractivity contribution in [1.82, 2.24) is 14.9 Å². The summed E-state index contributed by atoms with van der Waals surface area (Å²) in [5, 5.41) is 16.4. The third kappa shape index (κ3) is 3.43. The molecule has 0 radical (unpaired) electrons. The number of aliphatic hydroxyl groups excluding tert-OH is 1. The van der Waals surface area contributed by atoms with Crippen molar-refractivity contribution in [3.63, 3.8) is 0 Å². The maximum atomic E-state index is 14.0. The number of aromatic nitrogens is 2. The molecule has 1 atom stereocenters. The van der Waals surface area contributed by atoms with Gasteiger partial charge in [-0.1, -0.05) is 0 Å². The van der Waals surface area contributed by atoms with Gasteiger partial charge in [-0.3, -0.25) is 4.79 Å². The highest BCUT2D eigenvalue weighted by Crippen LogP contribution is 2.24. The Balaban J connectivity index is 1.62. The second kappa shape index (κ2) is 7.55. The number of halogens is 2. The minimum Gasteiger partial charge on any atom is -0.394 e. The van der Waals surface area contributed by atoms with Crippen molar-refractivity contribution >= 4 is 17.1 Å². The molecule has 4 rings (SSSR count). The molecule has 0 spiro atoms. The number of aliphatic hydroxyl groups is 1. The standard InChI is InChI=1S/C20H20F2N4O2/c21-13-3-4-17(22)15(9-13)18(12-27)24-20(28)16-11-23-26-8-5-14(10-19(16)26)25-6-1-2-7-25/h3-5,8-11,18,27H,1-2,6-7,12H2,(H,24,28). The van der Waals surface area contributed by atoms with Gasteiger partial charge in [-0.25, -0.2) is 13.3 Å². The second-order valence-electron chi connectivity index (χ2n) is 6.84. The molecule has 1 unspecified atom stereocenters. The lowest BCUT2D eigenvalue weighted by Crippen LogP contribution is -2.31. The normalized spacial score (nSPS) is 15.2. The SMILES string of the molecule is O=C(NC(CO)c1cc(F)ccc1F)c1cnn2ccc(N3CCCC3)cc12. The number of rotatable bonds is 5. The van der Waals surface area contributed by atoms with Gasteiger partial charge in [0.1, 0.15) is 11.6 Å². The van der Waals surface area contributed by atoms with Crippen LogP contribution in [0.3, 0.4) is 0 Å². The second-order valence-corrected chi connectivity index (χ2v) is 6.84. The van der Waals surface area contributed by atoms with Crippen LogP contribution in [-0.4, -0.2) is 40.3 Å². The molecule has 0 aliphatic carbocycles. The summed E-state index contributed by atoms with van der Waals surface area (Å²) < 4.78 is 29.1. The van der Waals surface area contributed by atoms with Gasteiger partial charge in [0, 0.05) is 30.5 Å². The molecule has 28 heavy (non-hydrogen) atoms. The van der Waals surface area contributed by atoms with Crippen molar-refractivity contribution in [2.24, 2.45) is 0 Å². The lowest BCUT2D eigenvalue weighted by molar-refractivity contribution is 0.0916. The van der Waals surface area contributed by atoms with Crippen LogP contribution >= 0.6 is 0 Å². The Morgan fingerprint density at radius 2 is 2.00 bits per heavy atom. The molecule has 3 aromatic rings. The van der Waals surface area contributed by atoms with Gasteiger partial charge >= 0.3 is 0 Å². The quantitative estimate of drug-likeness (QED) is 0.707.